The second kappa shape index (κ2) is 7.79. The SMILES string of the molecule is O=CC1C(c2ccccc2Cl)=CC(c2ccccn2)=CN1c1ccc(F)cc1. The Kier molecular flexibility index (Phi) is 5.04. The molecule has 0 saturated carbocycles. The normalized spacial score (nSPS) is 16.4. The summed E-state index contributed by atoms with van der Waals surface area (Å²) >= 11 is 6.43. The minimum Gasteiger partial charge on any atom is -0.333 e. The molecule has 1 aliphatic heterocycles. The summed E-state index contributed by atoms with van der Waals surface area (Å²) in [5.74, 6) is -0.334. The molecule has 0 amide bonds. The van der Waals surface area contributed by atoms with E-state index in [2.05, 4.69) is 4.98 Å². The lowest BCUT2D eigenvalue weighted by Gasteiger charge is -2.33. The maximum Gasteiger partial charge on any atom is 0.147 e. The second-order valence-electron chi connectivity index (χ2n) is 6.34. The van der Waals surface area contributed by atoms with Crippen molar-refractivity contribution >= 4 is 34.7 Å². The van der Waals surface area contributed by atoms with Crippen molar-refractivity contribution in [1.82, 2.24) is 4.98 Å². The van der Waals surface area contributed by atoms with E-state index >= 15 is 0 Å². The van der Waals surface area contributed by atoms with Crippen LogP contribution in [0, 0.1) is 5.82 Å². The highest BCUT2D eigenvalue weighted by atomic mass is 35.5. The number of hydrogen-bond acceptors (Lipinski definition) is 3. The number of aldehydes is 1. The molecule has 1 unspecified atom stereocenters. The molecular weight excluding hydrogens is 375 g/mol. The fourth-order valence-corrected chi connectivity index (χ4v) is 3.51. The van der Waals surface area contributed by atoms with Crippen LogP contribution in [0.25, 0.3) is 11.1 Å². The lowest BCUT2D eigenvalue weighted by Crippen LogP contribution is -2.35. The Labute approximate surface area is 167 Å². The molecule has 2 aromatic carbocycles. The van der Waals surface area contributed by atoms with Gasteiger partial charge < -0.3 is 9.69 Å². The number of carbonyl (C=O) groups excluding carboxylic acids is 1. The van der Waals surface area contributed by atoms with Gasteiger partial charge in [0.05, 0.1) is 5.69 Å². The molecule has 0 fully saturated rings. The van der Waals surface area contributed by atoms with Crippen LogP contribution < -0.4 is 4.90 Å². The molecule has 0 aliphatic carbocycles. The van der Waals surface area contributed by atoms with Gasteiger partial charge in [0.2, 0.25) is 0 Å². The number of aromatic nitrogens is 1. The third kappa shape index (κ3) is 3.47. The van der Waals surface area contributed by atoms with Gasteiger partial charge in [-0.1, -0.05) is 35.9 Å². The van der Waals surface area contributed by atoms with E-state index in [4.69, 9.17) is 11.6 Å². The number of allylic oxidation sites excluding steroid dienone is 2. The van der Waals surface area contributed by atoms with Crippen LogP contribution in [0.5, 0.6) is 0 Å². The summed E-state index contributed by atoms with van der Waals surface area (Å²) in [5, 5.41) is 0.557. The molecule has 0 N–H and O–H groups in total. The van der Waals surface area contributed by atoms with E-state index in [1.807, 2.05) is 53.6 Å². The zero-order chi connectivity index (χ0) is 19.5. The van der Waals surface area contributed by atoms with Crippen molar-refractivity contribution < 1.29 is 9.18 Å². The standard InChI is InChI=1S/C23H16ClFN2O/c24-21-6-2-1-5-19(21)20-13-16(22-7-3-4-12-26-22)14-27(23(20)15-28)18-10-8-17(25)9-11-18/h1-15,23H. The van der Waals surface area contributed by atoms with Crippen LogP contribution in [0.15, 0.2) is 85.2 Å². The first-order chi connectivity index (χ1) is 13.7. The van der Waals surface area contributed by atoms with Crippen molar-refractivity contribution in [3.05, 3.63) is 107 Å². The van der Waals surface area contributed by atoms with Crippen molar-refractivity contribution in [2.75, 3.05) is 4.90 Å². The quantitative estimate of drug-likeness (QED) is 0.560. The third-order valence-corrected chi connectivity index (χ3v) is 4.94. The van der Waals surface area contributed by atoms with Crippen LogP contribution in [0.1, 0.15) is 11.3 Å². The first kappa shape index (κ1) is 18.1. The highest BCUT2D eigenvalue weighted by molar-refractivity contribution is 6.32. The lowest BCUT2D eigenvalue weighted by atomic mass is 9.91. The molecule has 3 nitrogen and oxygen atoms in total. The van der Waals surface area contributed by atoms with Crippen LogP contribution >= 0.6 is 11.6 Å². The molecule has 0 bridgehead atoms. The smallest absolute Gasteiger partial charge is 0.147 e. The largest absolute Gasteiger partial charge is 0.333 e. The molecule has 0 radical (unpaired) electrons. The van der Waals surface area contributed by atoms with Gasteiger partial charge in [-0.2, -0.15) is 0 Å². The summed E-state index contributed by atoms with van der Waals surface area (Å²) in [7, 11) is 0. The van der Waals surface area contributed by atoms with Crippen molar-refractivity contribution in [2.45, 2.75) is 6.04 Å². The lowest BCUT2D eigenvalue weighted by molar-refractivity contribution is -0.107. The molecule has 138 valence electrons. The average molecular weight is 391 g/mol. The van der Waals surface area contributed by atoms with E-state index < -0.39 is 6.04 Å². The maximum atomic E-state index is 13.4. The van der Waals surface area contributed by atoms with Crippen LogP contribution in [0.2, 0.25) is 5.02 Å². The Hall–Kier alpha value is -3.24. The first-order valence-electron chi connectivity index (χ1n) is 8.76. The van der Waals surface area contributed by atoms with Gasteiger partial charge in [-0.25, -0.2) is 4.39 Å². The van der Waals surface area contributed by atoms with E-state index in [-0.39, 0.29) is 5.82 Å². The predicted octanol–water partition coefficient (Wildman–Crippen LogP) is 5.39. The fraction of sp³-hybridized carbons (Fsp3) is 0.0435. The Bertz CT molecular complexity index is 1060. The number of pyridine rings is 1. The minimum absolute atomic E-state index is 0.334. The van der Waals surface area contributed by atoms with E-state index in [0.29, 0.717) is 10.7 Å². The molecule has 0 spiro atoms. The molecule has 2 heterocycles. The summed E-state index contributed by atoms with van der Waals surface area (Å²) in [6, 6.07) is 18.5. The van der Waals surface area contributed by atoms with Crippen LogP contribution in [0.3, 0.4) is 0 Å². The highest BCUT2D eigenvalue weighted by Gasteiger charge is 2.28. The number of anilines is 1. The van der Waals surface area contributed by atoms with Gasteiger partial charge in [0.15, 0.2) is 0 Å². The highest BCUT2D eigenvalue weighted by Crippen LogP contribution is 2.36. The van der Waals surface area contributed by atoms with Gasteiger partial charge in [-0.3, -0.25) is 4.98 Å². The topological polar surface area (TPSA) is 33.2 Å². The zero-order valence-electron chi connectivity index (χ0n) is 14.8. The zero-order valence-corrected chi connectivity index (χ0v) is 15.6. The number of carbonyl (C=O) groups is 1. The second-order valence-corrected chi connectivity index (χ2v) is 6.75. The Morgan fingerprint density at radius 2 is 1.75 bits per heavy atom. The van der Waals surface area contributed by atoms with Crippen LogP contribution in [-0.4, -0.2) is 17.3 Å². The summed E-state index contributed by atoms with van der Waals surface area (Å²) < 4.78 is 13.4. The van der Waals surface area contributed by atoms with Crippen LogP contribution in [-0.2, 0) is 4.79 Å². The van der Waals surface area contributed by atoms with E-state index in [1.54, 1.807) is 24.4 Å². The Balaban J connectivity index is 1.90. The van der Waals surface area contributed by atoms with E-state index in [1.165, 1.54) is 12.1 Å². The first-order valence-corrected chi connectivity index (χ1v) is 9.14. The van der Waals surface area contributed by atoms with Crippen molar-refractivity contribution in [2.24, 2.45) is 0 Å². The fourth-order valence-electron chi connectivity index (χ4n) is 3.26. The van der Waals surface area contributed by atoms with E-state index in [0.717, 1.165) is 28.7 Å². The number of halogens is 2. The molecule has 3 aromatic rings. The van der Waals surface area contributed by atoms with Gasteiger partial charge in [-0.05, 0) is 59.7 Å². The van der Waals surface area contributed by atoms with Gasteiger partial charge >= 0.3 is 0 Å². The summed E-state index contributed by atoms with van der Waals surface area (Å²) in [4.78, 5) is 18.3. The number of hydrogen-bond donors (Lipinski definition) is 0. The van der Waals surface area contributed by atoms with Gasteiger partial charge in [0.1, 0.15) is 18.1 Å². The van der Waals surface area contributed by atoms with Crippen molar-refractivity contribution in [1.29, 1.82) is 0 Å². The van der Waals surface area contributed by atoms with Crippen LogP contribution in [0.4, 0.5) is 10.1 Å². The maximum absolute atomic E-state index is 13.4. The minimum atomic E-state index is -0.599. The number of benzene rings is 2. The summed E-state index contributed by atoms with van der Waals surface area (Å²) in [6.07, 6.45) is 6.37. The Morgan fingerprint density at radius 1 is 1.00 bits per heavy atom. The van der Waals surface area contributed by atoms with E-state index in [9.17, 15) is 9.18 Å². The summed E-state index contributed by atoms with van der Waals surface area (Å²) in [5.41, 5.74) is 3.83. The average Bonchev–Trinajstić information content (AvgIpc) is 2.74. The number of nitrogens with zero attached hydrogens (tertiary/aromatic N) is 2. The molecule has 1 atom stereocenters. The predicted molar refractivity (Wildman–Crippen MR) is 110 cm³/mol. The summed E-state index contributed by atoms with van der Waals surface area (Å²) in [6.45, 7) is 0. The van der Waals surface area contributed by atoms with Crippen molar-refractivity contribution in [3.8, 4) is 0 Å². The van der Waals surface area contributed by atoms with Crippen molar-refractivity contribution in [3.63, 3.8) is 0 Å². The molecule has 5 heteroatoms. The number of rotatable bonds is 4. The molecule has 28 heavy (non-hydrogen) atoms. The third-order valence-electron chi connectivity index (χ3n) is 4.61. The molecule has 4 rings (SSSR count). The molecule has 1 aromatic heterocycles. The molecule has 0 saturated heterocycles. The Morgan fingerprint density at radius 3 is 2.43 bits per heavy atom. The van der Waals surface area contributed by atoms with Gasteiger partial charge in [0.25, 0.3) is 0 Å². The van der Waals surface area contributed by atoms with Gasteiger partial charge in [0, 0.05) is 28.7 Å². The molecule has 1 aliphatic rings. The van der Waals surface area contributed by atoms with Gasteiger partial charge in [-0.15, -0.1) is 0 Å². The molecular formula is C23H16ClFN2O. The monoisotopic (exact) mass is 390 g/mol.